The van der Waals surface area contributed by atoms with Crippen molar-refractivity contribution in [1.82, 2.24) is 4.98 Å². The van der Waals surface area contributed by atoms with Crippen molar-refractivity contribution >= 4 is 149 Å². The molecule has 1 unspecified atom stereocenters. The van der Waals surface area contributed by atoms with Crippen LogP contribution in [0.1, 0.15) is 42.3 Å². The molecule has 1 aliphatic carbocycles. The number of nitrogens with zero attached hydrogens (tertiary/aromatic N) is 2. The van der Waals surface area contributed by atoms with Gasteiger partial charge < -0.3 is 9.66 Å². The highest BCUT2D eigenvalue weighted by molar-refractivity contribution is 7.91. The highest BCUT2D eigenvalue weighted by Gasteiger charge is 2.43. The van der Waals surface area contributed by atoms with Crippen molar-refractivity contribution in [2.45, 2.75) is 0 Å². The Morgan fingerprint density at radius 2 is 1.16 bits per heavy atom. The molecule has 18 heteroatoms. The van der Waals surface area contributed by atoms with E-state index in [2.05, 4.69) is 4.98 Å². The van der Waals surface area contributed by atoms with Crippen molar-refractivity contribution in [3.8, 4) is 0 Å². The van der Waals surface area contributed by atoms with Crippen molar-refractivity contribution in [3.05, 3.63) is 98.5 Å². The number of Topliss-reactive ketones (excluding diaryl/α,β-unsaturated/α-hetero) is 1. The molecule has 9 nitrogen and oxygen atoms in total. The molecule has 4 aromatic rings. The molecule has 232 valence electrons. The zero-order chi connectivity index (χ0) is 33.4. The number of aliphatic hydroxyl groups excluding tert-OH is 1. The summed E-state index contributed by atoms with van der Waals surface area (Å²) in [6.45, 7) is 0. The van der Waals surface area contributed by atoms with Crippen LogP contribution in [0.2, 0.25) is 40.2 Å². The average Bonchev–Trinajstić information content (AvgIpc) is 3.39. The fourth-order valence-corrected chi connectivity index (χ4v) is 6.72. The lowest BCUT2D eigenvalue weighted by atomic mass is 10.0. The van der Waals surface area contributed by atoms with Crippen LogP contribution in [0.15, 0.2) is 30.3 Å². The number of imide groups is 1. The number of fused-ring (bicyclic) bond motifs is 3. The maximum absolute atomic E-state index is 13.5. The van der Waals surface area contributed by atoms with Gasteiger partial charge in [-0.1, -0.05) is 115 Å². The van der Waals surface area contributed by atoms with Crippen molar-refractivity contribution < 1.29 is 32.8 Å². The van der Waals surface area contributed by atoms with Gasteiger partial charge in [-0.2, -0.15) is 4.55 Å². The second kappa shape index (κ2) is 12.1. The number of benzene rings is 3. The first-order valence-corrected chi connectivity index (χ1v) is 16.7. The zero-order valence-electron chi connectivity index (χ0n) is 21.6. The molecule has 3 aromatic carbocycles. The van der Waals surface area contributed by atoms with E-state index in [1.54, 1.807) is 18.2 Å². The summed E-state index contributed by atoms with van der Waals surface area (Å²) in [4.78, 5) is 45.8. The Morgan fingerprint density at radius 3 is 1.64 bits per heavy atom. The van der Waals surface area contributed by atoms with E-state index in [1.807, 2.05) is 0 Å². The van der Waals surface area contributed by atoms with Gasteiger partial charge in [0.2, 0.25) is 5.78 Å². The number of hydrogen-bond donors (Lipinski definition) is 2. The molecule has 0 spiro atoms. The Kier molecular flexibility index (Phi) is 9.20. The number of amides is 2. The molecule has 2 N–H and O–H groups in total. The van der Waals surface area contributed by atoms with Crippen LogP contribution in [0.4, 0.5) is 5.69 Å². The maximum atomic E-state index is 13.5. The molecular weight excluding hydrogens is 780 g/mol. The third kappa shape index (κ3) is 5.60. The molecule has 0 fully saturated rings. The van der Waals surface area contributed by atoms with Gasteiger partial charge in [0, 0.05) is 5.39 Å². The molecule has 45 heavy (non-hydrogen) atoms. The first kappa shape index (κ1) is 34.2. The van der Waals surface area contributed by atoms with Gasteiger partial charge in [-0.25, -0.2) is 9.88 Å². The number of halogens is 8. The third-order valence-electron chi connectivity index (χ3n) is 6.49. The fraction of sp³-hybridized carbons (Fsp3) is 0.0370. The van der Waals surface area contributed by atoms with Gasteiger partial charge in [0.05, 0.1) is 84.9 Å². The number of para-hydroxylation sites is 1. The van der Waals surface area contributed by atoms with Gasteiger partial charge in [0.1, 0.15) is 12.0 Å². The minimum Gasteiger partial charge on any atom is -0.587 e. The summed E-state index contributed by atoms with van der Waals surface area (Å²) in [5.74, 6) is -2.83. The number of anilines is 1. The van der Waals surface area contributed by atoms with E-state index in [0.717, 1.165) is 4.90 Å². The highest BCUT2D eigenvalue weighted by atomic mass is 35.5. The molecule has 0 bridgehead atoms. The number of aliphatic hydroxyl groups is 1. The minimum atomic E-state index is -3.67. The van der Waals surface area contributed by atoms with E-state index >= 15 is 0 Å². The molecule has 1 aliphatic heterocycles. The van der Waals surface area contributed by atoms with Gasteiger partial charge in [-0.05, 0) is 12.1 Å². The average molecular weight is 790 g/mol. The SMILES string of the molecule is C[S+](=O)([O-])O.O=C1C(c2ccc3cccc(N4C(=O)c5c(Cl)c(Cl)c(Cl)c(Cl)c5C4=O)c3n2)=C(O)c2c(Cl)c(Cl)c(Cl)c(Cl)c21. The molecule has 0 saturated heterocycles. The summed E-state index contributed by atoms with van der Waals surface area (Å²) < 4.78 is 25.9. The third-order valence-corrected chi connectivity index (χ3v) is 10.1. The first-order chi connectivity index (χ1) is 20.9. The molecule has 2 aliphatic rings. The van der Waals surface area contributed by atoms with Crippen molar-refractivity contribution in [2.75, 3.05) is 11.2 Å². The van der Waals surface area contributed by atoms with Gasteiger partial charge in [-0.3, -0.25) is 14.4 Å². The normalized spacial score (nSPS) is 15.4. The van der Waals surface area contributed by atoms with E-state index in [4.69, 9.17) is 97.4 Å². The number of carbonyl (C=O) groups is 3. The summed E-state index contributed by atoms with van der Waals surface area (Å²) in [7, 11) is -3.67. The molecule has 1 atom stereocenters. The Labute approximate surface area is 294 Å². The molecule has 1 aromatic heterocycles. The quantitative estimate of drug-likeness (QED) is 0.0883. The summed E-state index contributed by atoms with van der Waals surface area (Å²) in [6.07, 6.45) is 0.715. The van der Waals surface area contributed by atoms with Crippen LogP contribution in [0.25, 0.3) is 22.2 Å². The predicted molar refractivity (Wildman–Crippen MR) is 177 cm³/mol. The smallest absolute Gasteiger partial charge is 0.267 e. The van der Waals surface area contributed by atoms with Crippen molar-refractivity contribution in [2.24, 2.45) is 0 Å². The zero-order valence-corrected chi connectivity index (χ0v) is 28.5. The standard InChI is InChI=1S/C26H6Cl8N2O4.CH4O3S/c27-14-10-11(15(28)19(32)18(14)31)24(38)9(23(10)37)7-5-4-6-2-1-3-8(22(6)35-7)36-25(39)12-13(26(36)40)17(30)21(34)20(33)16(12)29;1-5(2,3)4/h1-5,37H;1H3,(H-,2,3,4). The molecule has 2 amide bonds. The second-order valence-electron chi connectivity index (χ2n) is 9.29. The van der Waals surface area contributed by atoms with Gasteiger partial charge in [0.15, 0.2) is 10.5 Å². The van der Waals surface area contributed by atoms with Crippen molar-refractivity contribution in [3.63, 3.8) is 0 Å². The largest absolute Gasteiger partial charge is 0.587 e. The van der Waals surface area contributed by atoms with Crippen LogP contribution in [0.3, 0.4) is 0 Å². The van der Waals surface area contributed by atoms with Crippen LogP contribution in [-0.2, 0) is 14.7 Å². The lowest BCUT2D eigenvalue weighted by Crippen LogP contribution is -2.29. The number of allylic oxidation sites excluding steroid dienone is 1. The van der Waals surface area contributed by atoms with Crippen LogP contribution in [0, 0.1) is 0 Å². The van der Waals surface area contributed by atoms with Crippen LogP contribution >= 0.6 is 92.8 Å². The summed E-state index contributed by atoms with van der Waals surface area (Å²) in [6, 6.07) is 7.81. The van der Waals surface area contributed by atoms with Gasteiger partial charge in [0.25, 0.3) is 11.8 Å². The highest BCUT2D eigenvalue weighted by Crippen LogP contribution is 2.50. The minimum absolute atomic E-state index is 0.00297. The topological polar surface area (TPSA) is 148 Å². The Balaban J connectivity index is 0.000000743. The summed E-state index contributed by atoms with van der Waals surface area (Å²) in [5, 5.41) is 10.1. The fourth-order valence-electron chi connectivity index (χ4n) is 4.68. The van der Waals surface area contributed by atoms with Gasteiger partial charge in [-0.15, -0.1) is 0 Å². The van der Waals surface area contributed by atoms with Crippen LogP contribution < -0.4 is 4.90 Å². The Morgan fingerprint density at radius 1 is 0.711 bits per heavy atom. The number of pyridine rings is 1. The van der Waals surface area contributed by atoms with E-state index < -0.39 is 33.9 Å². The van der Waals surface area contributed by atoms with Gasteiger partial charge >= 0.3 is 0 Å². The summed E-state index contributed by atoms with van der Waals surface area (Å²) >= 11 is 49.7. The van der Waals surface area contributed by atoms with Crippen LogP contribution in [-0.4, -0.2) is 43.0 Å². The molecule has 6 rings (SSSR count). The lowest BCUT2D eigenvalue weighted by Gasteiger charge is -2.16. The number of carbonyl (C=O) groups excluding carboxylic acids is 3. The van der Waals surface area contributed by atoms with E-state index in [1.165, 1.54) is 12.1 Å². The molecule has 0 saturated carbocycles. The predicted octanol–water partition coefficient (Wildman–Crippen LogP) is 9.60. The van der Waals surface area contributed by atoms with E-state index in [0.29, 0.717) is 11.6 Å². The number of aromatic nitrogens is 1. The van der Waals surface area contributed by atoms with Crippen LogP contribution in [0.5, 0.6) is 0 Å². The maximum Gasteiger partial charge on any atom is 0.267 e. The Hall–Kier alpha value is -2.19. The number of ketones is 1. The van der Waals surface area contributed by atoms with E-state index in [9.17, 15) is 28.3 Å². The first-order valence-electron chi connectivity index (χ1n) is 11.8. The van der Waals surface area contributed by atoms with Crippen molar-refractivity contribution in [1.29, 1.82) is 0 Å². The lowest BCUT2D eigenvalue weighted by molar-refractivity contribution is 0.0925. The van der Waals surface area contributed by atoms with E-state index in [-0.39, 0.29) is 84.9 Å². The molecular formula is C27H10Cl8N2O7S. The summed E-state index contributed by atoms with van der Waals surface area (Å²) in [5.41, 5.74) is -0.695. The number of hydrogen-bond acceptors (Lipinski definition) is 7. The Bertz CT molecular complexity index is 2090. The number of rotatable bonds is 2. The second-order valence-corrected chi connectivity index (χ2v) is 13.8. The monoisotopic (exact) mass is 786 g/mol. The molecule has 2 heterocycles. The molecule has 0 radical (unpaired) electrons.